The molecule has 0 aromatic carbocycles. The van der Waals surface area contributed by atoms with Crippen LogP contribution in [0.3, 0.4) is 0 Å². The average molecular weight is 803 g/mol. The number of carboxylic acid groups (broad SMARTS) is 1. The van der Waals surface area contributed by atoms with E-state index in [1.165, 1.54) is 11.1 Å². The molecule has 4 fully saturated rings. The Labute approximate surface area is 324 Å². The molecule has 2 aliphatic heterocycles. The number of aliphatic carboxylic acids is 1. The predicted molar refractivity (Wildman–Crippen MR) is 201 cm³/mol. The molecule has 0 bridgehead atoms. The number of aromatic nitrogens is 4. The van der Waals surface area contributed by atoms with Crippen molar-refractivity contribution < 1.29 is 51.3 Å². The van der Waals surface area contributed by atoms with Crippen molar-refractivity contribution in [1.29, 1.82) is 0 Å². The molecule has 4 aliphatic rings. The van der Waals surface area contributed by atoms with Gasteiger partial charge in [-0.2, -0.15) is 0 Å². The fourth-order valence-electron chi connectivity index (χ4n) is 6.92. The molecule has 57 heavy (non-hydrogen) atoms. The van der Waals surface area contributed by atoms with Crippen LogP contribution >= 0.6 is 0 Å². The number of nitrogens with zero attached hydrogens (tertiary/aromatic N) is 3. The van der Waals surface area contributed by atoms with E-state index in [-0.39, 0.29) is 25.0 Å². The molecule has 1 amide bonds. The monoisotopic (exact) mass is 802 g/mol. The number of piperidine rings is 2. The zero-order valence-corrected chi connectivity index (χ0v) is 31.5. The maximum absolute atomic E-state index is 13.3. The summed E-state index contributed by atoms with van der Waals surface area (Å²) in [6, 6.07) is 3.90. The molecule has 8 rings (SSSR count). The first-order valence-electron chi connectivity index (χ1n) is 19.0. The number of carboxylic acids is 1. The highest BCUT2D eigenvalue weighted by atomic mass is 19.3. The van der Waals surface area contributed by atoms with Gasteiger partial charge in [0, 0.05) is 80.1 Å². The Balaban J connectivity index is 0.000000166. The number of carbonyl (C=O) groups excluding carboxylic acids is 3. The molecule has 2 saturated heterocycles. The van der Waals surface area contributed by atoms with Crippen LogP contribution in [0.25, 0.3) is 22.1 Å². The van der Waals surface area contributed by atoms with Crippen LogP contribution in [0.5, 0.6) is 0 Å². The van der Waals surface area contributed by atoms with Crippen molar-refractivity contribution >= 4 is 57.3 Å². The summed E-state index contributed by atoms with van der Waals surface area (Å²) in [7, 11) is 0. The number of halogens is 4. The molecule has 0 unspecified atom stereocenters. The smallest absolute Gasteiger partial charge is 0.341 e. The molecule has 4 atom stereocenters. The van der Waals surface area contributed by atoms with Crippen LogP contribution in [-0.4, -0.2) is 117 Å². The van der Waals surface area contributed by atoms with E-state index in [1.807, 2.05) is 18.3 Å². The molecule has 19 heteroatoms. The highest BCUT2D eigenvalue weighted by Gasteiger charge is 2.62. The van der Waals surface area contributed by atoms with E-state index < -0.39 is 47.9 Å². The van der Waals surface area contributed by atoms with E-state index in [0.29, 0.717) is 54.6 Å². The second-order valence-electron chi connectivity index (χ2n) is 14.3. The molecule has 4 aromatic rings. The van der Waals surface area contributed by atoms with Gasteiger partial charge in [-0.25, -0.2) is 37.1 Å². The maximum atomic E-state index is 13.3. The Morgan fingerprint density at radius 1 is 0.825 bits per heavy atom. The van der Waals surface area contributed by atoms with Crippen LogP contribution in [0.4, 0.5) is 28.9 Å². The zero-order chi connectivity index (χ0) is 40.9. The fourth-order valence-corrected chi connectivity index (χ4v) is 6.92. The first kappa shape index (κ1) is 41.2. The van der Waals surface area contributed by atoms with Crippen molar-refractivity contribution in [3.63, 3.8) is 0 Å². The third-order valence-corrected chi connectivity index (χ3v) is 10.1. The van der Waals surface area contributed by atoms with Gasteiger partial charge in [0.25, 0.3) is 11.8 Å². The van der Waals surface area contributed by atoms with Crippen molar-refractivity contribution in [3.05, 3.63) is 48.0 Å². The van der Waals surface area contributed by atoms with E-state index in [2.05, 4.69) is 35.9 Å². The van der Waals surface area contributed by atoms with Gasteiger partial charge in [-0.3, -0.25) is 9.59 Å². The summed E-state index contributed by atoms with van der Waals surface area (Å²) < 4.78 is 60.1. The van der Waals surface area contributed by atoms with Crippen LogP contribution in [-0.2, 0) is 19.1 Å². The molecular weight excluding hydrogens is 756 g/mol. The van der Waals surface area contributed by atoms with Gasteiger partial charge >= 0.3 is 17.9 Å². The number of hydrogen-bond donors (Lipinski definition) is 6. The third kappa shape index (κ3) is 9.75. The van der Waals surface area contributed by atoms with Gasteiger partial charge in [0.2, 0.25) is 5.91 Å². The van der Waals surface area contributed by atoms with Crippen LogP contribution in [0.2, 0.25) is 0 Å². The molecule has 6 N–H and O–H groups in total. The molecule has 6 heterocycles. The van der Waals surface area contributed by atoms with E-state index in [1.54, 1.807) is 26.2 Å². The van der Waals surface area contributed by atoms with E-state index in [4.69, 9.17) is 14.6 Å². The Morgan fingerprint density at radius 2 is 1.33 bits per heavy atom. The van der Waals surface area contributed by atoms with E-state index >= 15 is 0 Å². The van der Waals surface area contributed by atoms with Gasteiger partial charge < -0.3 is 45.4 Å². The van der Waals surface area contributed by atoms with Crippen LogP contribution < -0.4 is 16.0 Å². The van der Waals surface area contributed by atoms with E-state index in [0.717, 1.165) is 54.5 Å². The maximum Gasteiger partial charge on any atom is 0.341 e. The number of likely N-dealkylation sites (tertiary alicyclic amines) is 1. The van der Waals surface area contributed by atoms with Crippen LogP contribution in [0.15, 0.2) is 36.9 Å². The number of pyridine rings is 2. The van der Waals surface area contributed by atoms with Gasteiger partial charge in [-0.1, -0.05) is 0 Å². The number of alkyl halides is 4. The average Bonchev–Trinajstić information content (AvgIpc) is 3.76. The number of aromatic amines is 2. The number of amides is 1. The van der Waals surface area contributed by atoms with Gasteiger partial charge in [0.1, 0.15) is 34.3 Å². The number of carbonyl (C=O) groups is 4. The van der Waals surface area contributed by atoms with Crippen molar-refractivity contribution in [2.45, 2.75) is 76.3 Å². The number of H-pyrrole nitrogens is 2. The summed E-state index contributed by atoms with van der Waals surface area (Å²) in [5.41, 5.74) is 3.60. The first-order chi connectivity index (χ1) is 27.2. The van der Waals surface area contributed by atoms with Gasteiger partial charge in [0.05, 0.1) is 24.6 Å². The predicted octanol–water partition coefficient (Wildman–Crippen LogP) is 5.43. The van der Waals surface area contributed by atoms with Gasteiger partial charge in [-0.15, -0.1) is 0 Å². The second-order valence-corrected chi connectivity index (χ2v) is 14.3. The Morgan fingerprint density at radius 3 is 1.77 bits per heavy atom. The molecule has 0 spiro atoms. The van der Waals surface area contributed by atoms with Crippen molar-refractivity contribution in [1.82, 2.24) is 30.2 Å². The standard InChI is InChI=1S/C19H22F2N4O3.C15H20N4O2.C4H4F2O2/c1-2-28-18(27)13-9-23-16-12(5-6-22-16)15(13)24-11-4-3-7-25(10-11)17(26)14-8-19(14,20)21;1-2-21-15(20)12-9-18-14-11(5-7-17-14)13(12)19-10-4-3-6-16-8-10;5-4(6)1-2(4)3(7)8/h5-6,9,11,14H,2-4,7-8,10H2,1H3,(H2,22,23,24);5,7,9-10,16H,2-4,6,8H2,1H3,(H2,17,18,19);2H,1H2,(H,7,8)/t11-,14-;10-;2-/m111/s1. The highest BCUT2D eigenvalue weighted by Crippen LogP contribution is 2.50. The Hall–Kier alpha value is -5.46. The molecule has 308 valence electrons. The lowest BCUT2D eigenvalue weighted by Gasteiger charge is -2.34. The number of ether oxygens (including phenoxy) is 2. The van der Waals surface area contributed by atoms with Gasteiger partial charge in [0.15, 0.2) is 0 Å². The molecule has 2 saturated carbocycles. The zero-order valence-electron chi connectivity index (χ0n) is 31.5. The highest BCUT2D eigenvalue weighted by molar-refractivity contribution is 6.05. The summed E-state index contributed by atoms with van der Waals surface area (Å²) in [5.74, 6) is -11.1. The Kier molecular flexibility index (Phi) is 12.5. The number of esters is 2. The SMILES string of the molecule is CCOC(=O)c1cnc2[nH]ccc2c1N[C@@H]1CCCN(C(=O)[C@H]2CC2(F)F)C1.CCOC(=O)c1cnc2[nH]ccc2c1N[C@@H]1CCCNC1.O=C(O)[C@H]1CC1(F)F. The molecule has 2 aliphatic carbocycles. The summed E-state index contributed by atoms with van der Waals surface area (Å²) >= 11 is 0. The molecule has 15 nitrogen and oxygen atoms in total. The number of anilines is 2. The lowest BCUT2D eigenvalue weighted by atomic mass is 10.0. The minimum Gasteiger partial charge on any atom is -0.481 e. The topological polar surface area (TPSA) is 204 Å². The largest absolute Gasteiger partial charge is 0.481 e. The minimum atomic E-state index is -2.91. The number of fused-ring (bicyclic) bond motifs is 2. The molecule has 0 radical (unpaired) electrons. The van der Waals surface area contributed by atoms with Gasteiger partial charge in [-0.05, 0) is 58.2 Å². The summed E-state index contributed by atoms with van der Waals surface area (Å²) in [4.78, 5) is 62.6. The first-order valence-corrected chi connectivity index (χ1v) is 19.0. The normalized spacial score (nSPS) is 22.9. The number of nitrogens with one attached hydrogen (secondary N) is 5. The Bertz CT molecular complexity index is 2090. The summed E-state index contributed by atoms with van der Waals surface area (Å²) in [5, 5.41) is 19.8. The summed E-state index contributed by atoms with van der Waals surface area (Å²) in [6.07, 6.45) is 9.44. The van der Waals surface area contributed by atoms with Crippen LogP contribution in [0, 0.1) is 11.8 Å². The lowest BCUT2D eigenvalue weighted by molar-refractivity contribution is -0.141. The van der Waals surface area contributed by atoms with Crippen molar-refractivity contribution in [2.24, 2.45) is 11.8 Å². The third-order valence-electron chi connectivity index (χ3n) is 10.1. The fraction of sp³-hybridized carbons (Fsp3) is 0.526. The van der Waals surface area contributed by atoms with E-state index in [9.17, 15) is 36.7 Å². The van der Waals surface area contributed by atoms with Crippen molar-refractivity contribution in [3.8, 4) is 0 Å². The lowest BCUT2D eigenvalue weighted by Crippen LogP contribution is -2.46. The van der Waals surface area contributed by atoms with Crippen LogP contribution in [0.1, 0.15) is 73.1 Å². The van der Waals surface area contributed by atoms with Crippen molar-refractivity contribution in [2.75, 3.05) is 50.0 Å². The molecular formula is C38H46F4N8O7. The quantitative estimate of drug-likeness (QED) is 0.0879. The second kappa shape index (κ2) is 17.4. The molecule has 4 aromatic heterocycles. The summed E-state index contributed by atoms with van der Waals surface area (Å²) in [6.45, 7) is 6.88. The number of hydrogen-bond acceptors (Lipinski definition) is 11. The minimum absolute atomic E-state index is 0.154. The number of rotatable bonds is 10.